The topological polar surface area (TPSA) is 95.9 Å². The van der Waals surface area contributed by atoms with E-state index >= 15 is 0 Å². The van der Waals surface area contributed by atoms with Crippen LogP contribution in [-0.2, 0) is 9.53 Å². The molecule has 0 saturated heterocycles. The van der Waals surface area contributed by atoms with Crippen LogP contribution in [0.15, 0.2) is 0 Å². The van der Waals surface area contributed by atoms with Crippen LogP contribution >= 0.6 is 0 Å². The molecule has 0 aliphatic heterocycles. The Bertz CT molecular complexity index is 204. The first-order valence-corrected chi connectivity index (χ1v) is 4.25. The van der Waals surface area contributed by atoms with Crippen molar-refractivity contribution in [2.75, 3.05) is 13.2 Å². The highest BCUT2D eigenvalue weighted by Crippen LogP contribution is 1.92. The summed E-state index contributed by atoms with van der Waals surface area (Å²) in [6, 6.07) is 0. The Kier molecular flexibility index (Phi) is 5.62. The van der Waals surface area contributed by atoms with Gasteiger partial charge in [-0.1, -0.05) is 13.8 Å². The van der Waals surface area contributed by atoms with Crippen molar-refractivity contribution in [3.05, 3.63) is 0 Å². The molecule has 0 unspecified atom stereocenters. The SMILES string of the molecule is CC(C)COC(=O)NC[C@H](O)C(=O)O. The summed E-state index contributed by atoms with van der Waals surface area (Å²) in [6.07, 6.45) is -2.32. The first-order chi connectivity index (χ1) is 6.43. The first kappa shape index (κ1) is 12.7. The minimum atomic E-state index is -1.60. The maximum atomic E-state index is 10.8. The average Bonchev–Trinajstić information content (AvgIpc) is 2.10. The Morgan fingerprint density at radius 3 is 2.43 bits per heavy atom. The molecule has 0 aliphatic carbocycles. The molecular weight excluding hydrogens is 190 g/mol. The van der Waals surface area contributed by atoms with Crippen LogP contribution in [0.2, 0.25) is 0 Å². The van der Waals surface area contributed by atoms with E-state index in [1.807, 2.05) is 13.8 Å². The van der Waals surface area contributed by atoms with Gasteiger partial charge in [-0.15, -0.1) is 0 Å². The average molecular weight is 205 g/mol. The molecule has 1 amide bonds. The van der Waals surface area contributed by atoms with Gasteiger partial charge in [0.15, 0.2) is 6.10 Å². The number of ether oxygens (including phenoxy) is 1. The second-order valence-corrected chi connectivity index (χ2v) is 3.23. The highest BCUT2D eigenvalue weighted by Gasteiger charge is 2.14. The number of aliphatic carboxylic acids is 1. The molecule has 3 N–H and O–H groups in total. The Balaban J connectivity index is 3.59. The second-order valence-electron chi connectivity index (χ2n) is 3.23. The van der Waals surface area contributed by atoms with Gasteiger partial charge in [-0.3, -0.25) is 0 Å². The molecule has 0 saturated carbocycles. The number of alkyl carbamates (subject to hydrolysis) is 1. The number of carboxylic acids is 1. The maximum absolute atomic E-state index is 10.8. The van der Waals surface area contributed by atoms with Gasteiger partial charge in [0, 0.05) is 0 Å². The summed E-state index contributed by atoms with van der Waals surface area (Å²) in [6.45, 7) is 3.65. The Labute approximate surface area is 81.9 Å². The van der Waals surface area contributed by atoms with Crippen LogP contribution in [0.1, 0.15) is 13.8 Å². The Morgan fingerprint density at radius 2 is 2.00 bits per heavy atom. The fourth-order valence-corrected chi connectivity index (χ4v) is 0.561. The fourth-order valence-electron chi connectivity index (χ4n) is 0.561. The lowest BCUT2D eigenvalue weighted by atomic mass is 10.2. The zero-order valence-corrected chi connectivity index (χ0v) is 8.19. The van der Waals surface area contributed by atoms with Crippen molar-refractivity contribution in [2.24, 2.45) is 5.92 Å². The van der Waals surface area contributed by atoms with Crippen molar-refractivity contribution in [2.45, 2.75) is 20.0 Å². The smallest absolute Gasteiger partial charge is 0.407 e. The summed E-state index contributed by atoms with van der Waals surface area (Å²) in [5, 5.41) is 19.2. The molecule has 6 heteroatoms. The number of amides is 1. The molecule has 0 aliphatic rings. The lowest BCUT2D eigenvalue weighted by molar-refractivity contribution is -0.146. The lowest BCUT2D eigenvalue weighted by Gasteiger charge is -2.09. The van der Waals surface area contributed by atoms with E-state index in [1.54, 1.807) is 0 Å². The van der Waals surface area contributed by atoms with E-state index in [0.717, 1.165) is 0 Å². The molecule has 1 atom stereocenters. The van der Waals surface area contributed by atoms with Gasteiger partial charge in [0.2, 0.25) is 0 Å². The third-order valence-corrected chi connectivity index (χ3v) is 1.27. The van der Waals surface area contributed by atoms with Crippen molar-refractivity contribution in [1.82, 2.24) is 5.32 Å². The van der Waals surface area contributed by atoms with E-state index in [-0.39, 0.29) is 19.1 Å². The van der Waals surface area contributed by atoms with Crippen LogP contribution in [-0.4, -0.2) is 41.5 Å². The monoisotopic (exact) mass is 205 g/mol. The van der Waals surface area contributed by atoms with Gasteiger partial charge < -0.3 is 20.3 Å². The zero-order chi connectivity index (χ0) is 11.1. The largest absolute Gasteiger partial charge is 0.479 e. The van der Waals surface area contributed by atoms with Gasteiger partial charge in [-0.2, -0.15) is 0 Å². The van der Waals surface area contributed by atoms with Gasteiger partial charge in [0.25, 0.3) is 0 Å². The van der Waals surface area contributed by atoms with E-state index in [4.69, 9.17) is 10.2 Å². The normalized spacial score (nSPS) is 12.3. The standard InChI is InChI=1S/C8H15NO5/c1-5(2)4-14-8(13)9-3-6(10)7(11)12/h5-6,10H,3-4H2,1-2H3,(H,9,13)(H,11,12)/t6-/m0/s1. The lowest BCUT2D eigenvalue weighted by Crippen LogP contribution is -2.37. The van der Waals surface area contributed by atoms with Crippen molar-refractivity contribution in [3.8, 4) is 0 Å². The van der Waals surface area contributed by atoms with Crippen LogP contribution in [0.4, 0.5) is 4.79 Å². The number of hydrogen-bond acceptors (Lipinski definition) is 4. The molecule has 0 fully saturated rings. The number of hydrogen-bond donors (Lipinski definition) is 3. The molecule has 82 valence electrons. The van der Waals surface area contributed by atoms with E-state index in [2.05, 4.69) is 10.1 Å². The molecule has 14 heavy (non-hydrogen) atoms. The summed E-state index contributed by atoms with van der Waals surface area (Å²) in [5.74, 6) is -1.17. The number of nitrogens with one attached hydrogen (secondary N) is 1. The van der Waals surface area contributed by atoms with E-state index < -0.39 is 18.2 Å². The molecule has 6 nitrogen and oxygen atoms in total. The zero-order valence-electron chi connectivity index (χ0n) is 8.19. The third-order valence-electron chi connectivity index (χ3n) is 1.27. The van der Waals surface area contributed by atoms with Gasteiger partial charge in [-0.25, -0.2) is 9.59 Å². The Morgan fingerprint density at radius 1 is 1.43 bits per heavy atom. The number of carbonyl (C=O) groups excluding carboxylic acids is 1. The predicted octanol–water partition coefficient (Wildman–Crippen LogP) is -0.186. The fraction of sp³-hybridized carbons (Fsp3) is 0.750. The van der Waals surface area contributed by atoms with Crippen LogP contribution in [0.25, 0.3) is 0 Å². The summed E-state index contributed by atoms with van der Waals surface area (Å²) < 4.78 is 4.68. The molecule has 0 spiro atoms. The first-order valence-electron chi connectivity index (χ1n) is 4.25. The number of aliphatic hydroxyl groups excluding tert-OH is 1. The van der Waals surface area contributed by atoms with E-state index in [1.165, 1.54) is 0 Å². The summed E-state index contributed by atoms with van der Waals surface area (Å²) in [5.41, 5.74) is 0. The molecule has 0 heterocycles. The number of aliphatic hydroxyl groups is 1. The van der Waals surface area contributed by atoms with Crippen LogP contribution in [0.5, 0.6) is 0 Å². The van der Waals surface area contributed by atoms with Crippen LogP contribution < -0.4 is 5.32 Å². The maximum Gasteiger partial charge on any atom is 0.407 e. The molecule has 0 rings (SSSR count). The summed E-state index contributed by atoms with van der Waals surface area (Å²) >= 11 is 0. The number of carboxylic acid groups (broad SMARTS) is 1. The molecular formula is C8H15NO5. The van der Waals surface area contributed by atoms with Gasteiger partial charge >= 0.3 is 12.1 Å². The number of carbonyl (C=O) groups is 2. The van der Waals surface area contributed by atoms with Crippen molar-refractivity contribution >= 4 is 12.1 Å². The molecule has 0 aromatic rings. The number of rotatable bonds is 5. The highest BCUT2D eigenvalue weighted by molar-refractivity contribution is 5.74. The Hall–Kier alpha value is -1.30. The van der Waals surface area contributed by atoms with Gasteiger partial charge in [0.05, 0.1) is 13.2 Å². The minimum Gasteiger partial charge on any atom is -0.479 e. The molecule has 0 bridgehead atoms. The van der Waals surface area contributed by atoms with E-state index in [0.29, 0.717) is 0 Å². The predicted molar refractivity (Wildman–Crippen MR) is 47.8 cm³/mol. The minimum absolute atomic E-state index is 0.213. The van der Waals surface area contributed by atoms with E-state index in [9.17, 15) is 9.59 Å². The van der Waals surface area contributed by atoms with Crippen LogP contribution in [0, 0.1) is 5.92 Å². The molecule has 0 radical (unpaired) electrons. The third kappa shape index (κ3) is 6.24. The summed E-state index contributed by atoms with van der Waals surface area (Å²) in [4.78, 5) is 21.0. The highest BCUT2D eigenvalue weighted by atomic mass is 16.5. The molecule has 0 aromatic carbocycles. The van der Waals surface area contributed by atoms with Gasteiger partial charge in [0.1, 0.15) is 0 Å². The van der Waals surface area contributed by atoms with Crippen LogP contribution in [0.3, 0.4) is 0 Å². The second kappa shape index (κ2) is 6.20. The van der Waals surface area contributed by atoms with Gasteiger partial charge in [-0.05, 0) is 5.92 Å². The quantitative estimate of drug-likeness (QED) is 0.578. The molecule has 0 aromatic heterocycles. The summed E-state index contributed by atoms with van der Waals surface area (Å²) in [7, 11) is 0. The van der Waals surface area contributed by atoms with Crippen molar-refractivity contribution in [1.29, 1.82) is 0 Å². The van der Waals surface area contributed by atoms with Crippen molar-refractivity contribution < 1.29 is 24.5 Å². The van der Waals surface area contributed by atoms with Crippen molar-refractivity contribution in [3.63, 3.8) is 0 Å².